The second-order valence-electron chi connectivity index (χ2n) is 5.34. The van der Waals surface area contributed by atoms with Gasteiger partial charge in [0.25, 0.3) is 0 Å². The normalized spacial score (nSPS) is 11.8. The summed E-state index contributed by atoms with van der Waals surface area (Å²) in [6.45, 7) is 2.83. The van der Waals surface area contributed by atoms with Crippen LogP contribution in [0.1, 0.15) is 28.3 Å². The lowest BCUT2D eigenvalue weighted by Gasteiger charge is -2.17. The zero-order valence-electron chi connectivity index (χ0n) is 13.4. The van der Waals surface area contributed by atoms with Crippen LogP contribution in [0.15, 0.2) is 54.9 Å². The third-order valence-electron chi connectivity index (χ3n) is 3.69. The van der Waals surface area contributed by atoms with Crippen molar-refractivity contribution in [3.05, 3.63) is 70.2 Å². The minimum Gasteiger partial charge on any atom is -0.384 e. The van der Waals surface area contributed by atoms with Crippen molar-refractivity contribution in [1.82, 2.24) is 15.1 Å². The first-order valence-corrected chi connectivity index (χ1v) is 8.60. The molecule has 3 aromatic rings. The molecule has 0 bridgehead atoms. The van der Waals surface area contributed by atoms with Crippen LogP contribution in [-0.4, -0.2) is 21.5 Å². The highest BCUT2D eigenvalue weighted by Crippen LogP contribution is 2.22. The summed E-state index contributed by atoms with van der Waals surface area (Å²) >= 11 is 1.65. The van der Waals surface area contributed by atoms with Gasteiger partial charge in [-0.15, -0.1) is 11.3 Å². The number of para-hydroxylation sites is 1. The van der Waals surface area contributed by atoms with E-state index in [1.165, 1.54) is 10.4 Å². The number of hydrogen-bond acceptors (Lipinski definition) is 4. The van der Waals surface area contributed by atoms with Crippen molar-refractivity contribution in [3.8, 4) is 17.5 Å². The smallest absolute Gasteiger partial charge is 0.104 e. The molecule has 0 amide bonds. The number of aromatic nitrogens is 2. The summed E-state index contributed by atoms with van der Waals surface area (Å²) in [5.74, 6) is 5.62. The predicted molar refractivity (Wildman–Crippen MR) is 97.1 cm³/mol. The Hall–Kier alpha value is -2.39. The first-order valence-electron chi connectivity index (χ1n) is 7.78. The van der Waals surface area contributed by atoms with Crippen molar-refractivity contribution in [2.45, 2.75) is 19.5 Å². The maximum atomic E-state index is 8.75. The van der Waals surface area contributed by atoms with E-state index in [-0.39, 0.29) is 12.6 Å². The van der Waals surface area contributed by atoms with E-state index >= 15 is 0 Å². The molecule has 1 atom stereocenters. The van der Waals surface area contributed by atoms with E-state index < -0.39 is 0 Å². The molecule has 24 heavy (non-hydrogen) atoms. The zero-order chi connectivity index (χ0) is 16.8. The number of benzene rings is 1. The SMILES string of the molecule is CC(NCc1ccc(C#CCO)s1)c1ccccc1-n1cccn1. The van der Waals surface area contributed by atoms with Crippen LogP contribution in [0.5, 0.6) is 0 Å². The van der Waals surface area contributed by atoms with Crippen molar-refractivity contribution >= 4 is 11.3 Å². The number of rotatable bonds is 5. The van der Waals surface area contributed by atoms with Crippen LogP contribution in [0.3, 0.4) is 0 Å². The van der Waals surface area contributed by atoms with Crippen LogP contribution >= 0.6 is 11.3 Å². The summed E-state index contributed by atoms with van der Waals surface area (Å²) < 4.78 is 1.89. The topological polar surface area (TPSA) is 50.1 Å². The van der Waals surface area contributed by atoms with E-state index in [1.807, 2.05) is 35.1 Å². The fraction of sp³-hybridized carbons (Fsp3) is 0.211. The Bertz CT molecular complexity index is 843. The second-order valence-corrected chi connectivity index (χ2v) is 6.51. The van der Waals surface area contributed by atoms with Gasteiger partial charge < -0.3 is 10.4 Å². The third kappa shape index (κ3) is 3.92. The molecule has 0 aliphatic heterocycles. The Morgan fingerprint density at radius 1 is 1.25 bits per heavy atom. The highest BCUT2D eigenvalue weighted by atomic mass is 32.1. The largest absolute Gasteiger partial charge is 0.384 e. The lowest BCUT2D eigenvalue weighted by Crippen LogP contribution is -2.19. The quantitative estimate of drug-likeness (QED) is 0.703. The van der Waals surface area contributed by atoms with E-state index in [1.54, 1.807) is 17.5 Å². The predicted octanol–water partition coefficient (Wildman–Crippen LogP) is 3.13. The summed E-state index contributed by atoms with van der Waals surface area (Å²) in [5.41, 5.74) is 2.29. The molecule has 0 saturated carbocycles. The molecule has 0 radical (unpaired) electrons. The molecular weight excluding hydrogens is 318 g/mol. The molecule has 5 heteroatoms. The Labute approximate surface area is 145 Å². The number of nitrogens with one attached hydrogen (secondary N) is 1. The van der Waals surface area contributed by atoms with E-state index in [0.29, 0.717) is 0 Å². The molecule has 2 aromatic heterocycles. The first kappa shape index (κ1) is 16.5. The Balaban J connectivity index is 1.70. The highest BCUT2D eigenvalue weighted by molar-refractivity contribution is 7.12. The molecule has 122 valence electrons. The average Bonchev–Trinajstić information content (AvgIpc) is 3.29. The van der Waals surface area contributed by atoms with Crippen LogP contribution in [0.25, 0.3) is 5.69 Å². The molecule has 1 aromatic carbocycles. The first-order chi connectivity index (χ1) is 11.8. The summed E-state index contributed by atoms with van der Waals surface area (Å²) in [4.78, 5) is 2.20. The van der Waals surface area contributed by atoms with Gasteiger partial charge in [-0.1, -0.05) is 30.0 Å². The van der Waals surface area contributed by atoms with E-state index in [0.717, 1.165) is 17.1 Å². The van der Waals surface area contributed by atoms with Gasteiger partial charge in [-0.25, -0.2) is 4.68 Å². The minimum atomic E-state index is -0.104. The second kappa shape index (κ2) is 7.93. The standard InChI is InChI=1S/C19H19N3OS/c1-15(20-14-17-10-9-16(24-17)6-4-13-23)18-7-2-3-8-19(18)22-12-5-11-21-22/h2-3,5,7-12,15,20,23H,13-14H2,1H3. The lowest BCUT2D eigenvalue weighted by atomic mass is 10.1. The van der Waals surface area contributed by atoms with Gasteiger partial charge in [-0.3, -0.25) is 0 Å². The maximum absolute atomic E-state index is 8.75. The number of hydrogen-bond donors (Lipinski definition) is 2. The van der Waals surface area contributed by atoms with Crippen LogP contribution in [0, 0.1) is 11.8 Å². The zero-order valence-corrected chi connectivity index (χ0v) is 14.3. The van der Waals surface area contributed by atoms with E-state index in [2.05, 4.69) is 47.4 Å². The van der Waals surface area contributed by atoms with Gasteiger partial charge >= 0.3 is 0 Å². The molecule has 0 aliphatic carbocycles. The molecule has 3 rings (SSSR count). The fourth-order valence-electron chi connectivity index (χ4n) is 2.50. The van der Waals surface area contributed by atoms with Gasteiger partial charge in [-0.05, 0) is 36.8 Å². The van der Waals surface area contributed by atoms with Gasteiger partial charge in [0.05, 0.1) is 10.6 Å². The number of nitrogens with zero attached hydrogens (tertiary/aromatic N) is 2. The third-order valence-corrected chi connectivity index (χ3v) is 4.69. The number of thiophene rings is 1. The molecule has 2 heterocycles. The van der Waals surface area contributed by atoms with Crippen molar-refractivity contribution in [1.29, 1.82) is 0 Å². The van der Waals surface area contributed by atoms with Crippen molar-refractivity contribution < 1.29 is 5.11 Å². The molecule has 1 unspecified atom stereocenters. The molecule has 0 fully saturated rings. The van der Waals surface area contributed by atoms with Crippen LogP contribution in [-0.2, 0) is 6.54 Å². The molecule has 4 nitrogen and oxygen atoms in total. The monoisotopic (exact) mass is 337 g/mol. The van der Waals surface area contributed by atoms with Gasteiger partial charge in [0.15, 0.2) is 0 Å². The summed E-state index contributed by atoms with van der Waals surface area (Å²) in [6, 6.07) is 14.5. The van der Waals surface area contributed by atoms with Crippen molar-refractivity contribution in [3.63, 3.8) is 0 Å². The molecular formula is C19H19N3OS. The molecule has 0 saturated heterocycles. The Morgan fingerprint density at radius 3 is 2.92 bits per heavy atom. The Morgan fingerprint density at radius 2 is 2.12 bits per heavy atom. The molecule has 0 aliphatic rings. The average molecular weight is 337 g/mol. The van der Waals surface area contributed by atoms with Crippen molar-refractivity contribution in [2.24, 2.45) is 0 Å². The van der Waals surface area contributed by atoms with Gasteiger partial charge in [0, 0.05) is 29.9 Å². The lowest BCUT2D eigenvalue weighted by molar-refractivity contribution is 0.350. The number of aliphatic hydroxyl groups is 1. The van der Waals surface area contributed by atoms with E-state index in [4.69, 9.17) is 5.11 Å². The molecule has 0 spiro atoms. The fourth-order valence-corrected chi connectivity index (χ4v) is 3.34. The maximum Gasteiger partial charge on any atom is 0.104 e. The van der Waals surface area contributed by atoms with E-state index in [9.17, 15) is 0 Å². The van der Waals surface area contributed by atoms with Gasteiger partial charge in [0.2, 0.25) is 0 Å². The number of aliphatic hydroxyl groups excluding tert-OH is 1. The van der Waals surface area contributed by atoms with Crippen LogP contribution in [0.4, 0.5) is 0 Å². The summed E-state index contributed by atoms with van der Waals surface area (Å²) in [7, 11) is 0. The van der Waals surface area contributed by atoms with Crippen LogP contribution < -0.4 is 5.32 Å². The minimum absolute atomic E-state index is 0.104. The highest BCUT2D eigenvalue weighted by Gasteiger charge is 2.11. The van der Waals surface area contributed by atoms with Gasteiger partial charge in [0.1, 0.15) is 6.61 Å². The van der Waals surface area contributed by atoms with Crippen LogP contribution in [0.2, 0.25) is 0 Å². The van der Waals surface area contributed by atoms with Gasteiger partial charge in [-0.2, -0.15) is 5.10 Å². The summed E-state index contributed by atoms with van der Waals surface area (Å²) in [6.07, 6.45) is 3.74. The van der Waals surface area contributed by atoms with Crippen molar-refractivity contribution in [2.75, 3.05) is 6.61 Å². The summed E-state index contributed by atoms with van der Waals surface area (Å²) in [5, 5.41) is 16.6. The molecule has 2 N–H and O–H groups in total. The Kier molecular flexibility index (Phi) is 5.44.